The topological polar surface area (TPSA) is 32.3 Å². The Morgan fingerprint density at radius 2 is 2.32 bits per heavy atom. The molecule has 0 saturated carbocycles. The third kappa shape index (κ3) is 3.94. The Hall–Kier alpha value is -1.08. The first-order valence-electron chi connectivity index (χ1n) is 6.06. The third-order valence-electron chi connectivity index (χ3n) is 3.10. The highest BCUT2D eigenvalue weighted by molar-refractivity contribution is 7.07. The highest BCUT2D eigenvalue weighted by Gasteiger charge is 2.31. The molecule has 1 unspecified atom stereocenters. The summed E-state index contributed by atoms with van der Waals surface area (Å²) in [5.41, 5.74) is 1.08. The van der Waals surface area contributed by atoms with Crippen LogP contribution < -0.4 is 5.32 Å². The van der Waals surface area contributed by atoms with Gasteiger partial charge in [0.25, 0.3) is 0 Å². The minimum absolute atomic E-state index is 0.0198. The molecule has 1 aromatic heterocycles. The van der Waals surface area contributed by atoms with E-state index in [1.54, 1.807) is 16.2 Å². The summed E-state index contributed by atoms with van der Waals surface area (Å²) in [5, 5.41) is 6.08. The number of halogens is 3. The second kappa shape index (κ2) is 5.92. The molecule has 1 N–H and O–H groups in total. The Kier molecular flexibility index (Phi) is 4.46. The smallest absolute Gasteiger partial charge is 0.335 e. The van der Waals surface area contributed by atoms with Crippen LogP contribution in [0.1, 0.15) is 24.4 Å². The number of carbonyl (C=O) groups is 1. The highest BCUT2D eigenvalue weighted by Crippen LogP contribution is 2.32. The van der Waals surface area contributed by atoms with Crippen LogP contribution in [0.2, 0.25) is 0 Å². The van der Waals surface area contributed by atoms with Crippen molar-refractivity contribution in [2.75, 3.05) is 19.6 Å². The highest BCUT2D eigenvalue weighted by atomic mass is 32.1. The van der Waals surface area contributed by atoms with E-state index in [1.807, 2.05) is 16.8 Å². The van der Waals surface area contributed by atoms with E-state index in [-0.39, 0.29) is 18.5 Å². The summed E-state index contributed by atoms with van der Waals surface area (Å²) in [5.74, 6) is -0.266. The first kappa shape index (κ1) is 14.3. The zero-order valence-corrected chi connectivity index (χ0v) is 11.1. The van der Waals surface area contributed by atoms with Crippen molar-refractivity contribution in [1.29, 1.82) is 0 Å². The molecule has 1 saturated heterocycles. The Morgan fingerprint density at radius 1 is 1.53 bits per heavy atom. The molecule has 0 spiro atoms. The maximum Gasteiger partial charge on any atom is 0.401 e. The molecule has 2 rings (SSSR count). The average molecular weight is 292 g/mol. The number of nitrogens with zero attached hydrogens (tertiary/aromatic N) is 1. The standard InChI is InChI=1S/C12H15F3N2OS/c13-12(14,15)8-16-6-11(18)17-4-1-2-10(17)9-3-5-19-7-9/h3,5,7,10,16H,1-2,4,6,8H2. The van der Waals surface area contributed by atoms with Gasteiger partial charge in [0, 0.05) is 6.54 Å². The van der Waals surface area contributed by atoms with Crippen LogP contribution in [-0.2, 0) is 4.79 Å². The number of hydrogen-bond donors (Lipinski definition) is 1. The van der Waals surface area contributed by atoms with E-state index in [4.69, 9.17) is 0 Å². The molecular weight excluding hydrogens is 277 g/mol. The van der Waals surface area contributed by atoms with Crippen LogP contribution >= 0.6 is 11.3 Å². The largest absolute Gasteiger partial charge is 0.401 e. The van der Waals surface area contributed by atoms with E-state index in [1.165, 1.54) is 0 Å². The molecule has 1 atom stereocenters. The van der Waals surface area contributed by atoms with Gasteiger partial charge in [-0.15, -0.1) is 0 Å². The zero-order valence-electron chi connectivity index (χ0n) is 10.2. The number of alkyl halides is 3. The van der Waals surface area contributed by atoms with Gasteiger partial charge in [-0.1, -0.05) is 0 Å². The minimum atomic E-state index is -4.28. The van der Waals surface area contributed by atoms with Crippen molar-refractivity contribution < 1.29 is 18.0 Å². The number of likely N-dealkylation sites (tertiary alicyclic amines) is 1. The van der Waals surface area contributed by atoms with Gasteiger partial charge in [0.05, 0.1) is 19.1 Å². The van der Waals surface area contributed by atoms with E-state index < -0.39 is 12.7 Å². The van der Waals surface area contributed by atoms with E-state index in [0.29, 0.717) is 6.54 Å². The second-order valence-corrected chi connectivity index (χ2v) is 5.30. The van der Waals surface area contributed by atoms with E-state index in [9.17, 15) is 18.0 Å². The summed E-state index contributed by atoms with van der Waals surface area (Å²) < 4.78 is 36.0. The molecular formula is C12H15F3N2OS. The Bertz CT molecular complexity index is 419. The van der Waals surface area contributed by atoms with Gasteiger partial charge < -0.3 is 10.2 Å². The van der Waals surface area contributed by atoms with Crippen LogP contribution in [0, 0.1) is 0 Å². The average Bonchev–Trinajstić information content (AvgIpc) is 2.97. The predicted molar refractivity (Wildman–Crippen MR) is 66.9 cm³/mol. The fraction of sp³-hybridized carbons (Fsp3) is 0.583. The molecule has 0 bridgehead atoms. The molecule has 0 aliphatic carbocycles. The lowest BCUT2D eigenvalue weighted by molar-refractivity contribution is -0.134. The van der Waals surface area contributed by atoms with E-state index in [2.05, 4.69) is 5.32 Å². The molecule has 0 radical (unpaired) electrons. The maximum atomic E-state index is 12.0. The summed E-state index contributed by atoms with van der Waals surface area (Å²) in [6, 6.07) is 1.98. The quantitative estimate of drug-likeness (QED) is 0.925. The molecule has 1 amide bonds. The van der Waals surface area contributed by atoms with Gasteiger partial charge in [-0.3, -0.25) is 4.79 Å². The van der Waals surface area contributed by atoms with Crippen molar-refractivity contribution in [1.82, 2.24) is 10.2 Å². The van der Waals surface area contributed by atoms with Crippen LogP contribution in [0.4, 0.5) is 13.2 Å². The van der Waals surface area contributed by atoms with Crippen LogP contribution in [0.15, 0.2) is 16.8 Å². The van der Waals surface area contributed by atoms with Gasteiger partial charge in [0.15, 0.2) is 0 Å². The normalized spacial score (nSPS) is 19.9. The van der Waals surface area contributed by atoms with E-state index in [0.717, 1.165) is 18.4 Å². The van der Waals surface area contributed by atoms with Crippen molar-refractivity contribution in [3.05, 3.63) is 22.4 Å². The van der Waals surface area contributed by atoms with Crippen LogP contribution in [0.3, 0.4) is 0 Å². The van der Waals surface area contributed by atoms with Crippen LogP contribution in [0.5, 0.6) is 0 Å². The maximum absolute atomic E-state index is 12.0. The first-order valence-corrected chi connectivity index (χ1v) is 7.01. The number of amides is 1. The molecule has 2 heterocycles. The Morgan fingerprint density at radius 3 is 2.95 bits per heavy atom. The van der Waals surface area contributed by atoms with Crippen molar-refractivity contribution >= 4 is 17.2 Å². The second-order valence-electron chi connectivity index (χ2n) is 4.52. The molecule has 7 heteroatoms. The van der Waals surface area contributed by atoms with Crippen molar-refractivity contribution in [2.24, 2.45) is 0 Å². The van der Waals surface area contributed by atoms with Gasteiger partial charge in [0.1, 0.15) is 0 Å². The van der Waals surface area contributed by atoms with Crippen LogP contribution in [-0.4, -0.2) is 36.6 Å². The number of thiophene rings is 1. The summed E-state index contributed by atoms with van der Waals surface area (Å²) in [4.78, 5) is 13.6. The third-order valence-corrected chi connectivity index (χ3v) is 3.80. The molecule has 19 heavy (non-hydrogen) atoms. The van der Waals surface area contributed by atoms with E-state index >= 15 is 0 Å². The van der Waals surface area contributed by atoms with Crippen molar-refractivity contribution in [2.45, 2.75) is 25.1 Å². The molecule has 0 aromatic carbocycles. The lowest BCUT2D eigenvalue weighted by Gasteiger charge is -2.24. The Labute approximate surface area is 113 Å². The minimum Gasteiger partial charge on any atom is -0.335 e. The number of rotatable bonds is 4. The lowest BCUT2D eigenvalue weighted by Crippen LogP contribution is -2.40. The molecule has 106 valence electrons. The summed E-state index contributed by atoms with van der Waals surface area (Å²) >= 11 is 1.56. The fourth-order valence-corrected chi connectivity index (χ4v) is 3.00. The SMILES string of the molecule is O=C(CNCC(F)(F)F)N1CCCC1c1ccsc1. The van der Waals surface area contributed by atoms with Crippen LogP contribution in [0.25, 0.3) is 0 Å². The molecule has 1 aliphatic heterocycles. The van der Waals surface area contributed by atoms with Gasteiger partial charge in [-0.25, -0.2) is 0 Å². The predicted octanol–water partition coefficient (Wildman–Crippen LogP) is 2.56. The van der Waals surface area contributed by atoms with Gasteiger partial charge in [0.2, 0.25) is 5.91 Å². The monoisotopic (exact) mass is 292 g/mol. The van der Waals surface area contributed by atoms with Gasteiger partial charge in [-0.05, 0) is 35.2 Å². The molecule has 1 aromatic rings. The lowest BCUT2D eigenvalue weighted by atomic mass is 10.1. The first-order chi connectivity index (χ1) is 8.97. The molecule has 1 fully saturated rings. The van der Waals surface area contributed by atoms with Gasteiger partial charge >= 0.3 is 6.18 Å². The number of hydrogen-bond acceptors (Lipinski definition) is 3. The zero-order chi connectivity index (χ0) is 13.9. The number of carbonyl (C=O) groups excluding carboxylic acids is 1. The van der Waals surface area contributed by atoms with Crippen molar-refractivity contribution in [3.8, 4) is 0 Å². The van der Waals surface area contributed by atoms with Gasteiger partial charge in [-0.2, -0.15) is 24.5 Å². The molecule has 3 nitrogen and oxygen atoms in total. The Balaban J connectivity index is 1.88. The fourth-order valence-electron chi connectivity index (χ4n) is 2.29. The molecule has 1 aliphatic rings. The summed E-state index contributed by atoms with van der Waals surface area (Å²) in [6.07, 6.45) is -2.51. The number of nitrogens with one attached hydrogen (secondary N) is 1. The van der Waals surface area contributed by atoms with Crippen molar-refractivity contribution in [3.63, 3.8) is 0 Å². The summed E-state index contributed by atoms with van der Waals surface area (Å²) in [7, 11) is 0. The summed E-state index contributed by atoms with van der Waals surface area (Å²) in [6.45, 7) is -0.775.